The van der Waals surface area contributed by atoms with Crippen LogP contribution in [0.5, 0.6) is 11.5 Å². The molecule has 0 atom stereocenters. The standard InChI is InChI=1S/C15H25NO2/c1-11(2)9-16-10-13-7-6-8-14(17-5)15(13)18-12(3)4/h6-8,11-12,16H,9-10H2,1-5H3. The van der Waals surface area contributed by atoms with Gasteiger partial charge in [-0.25, -0.2) is 0 Å². The van der Waals surface area contributed by atoms with Crippen molar-refractivity contribution < 1.29 is 9.47 Å². The van der Waals surface area contributed by atoms with Crippen molar-refractivity contribution in [2.45, 2.75) is 40.3 Å². The number of benzene rings is 1. The second-order valence-electron chi connectivity index (χ2n) is 5.14. The Bertz CT molecular complexity index is 362. The van der Waals surface area contributed by atoms with Crippen LogP contribution in [0, 0.1) is 5.92 Å². The molecule has 18 heavy (non-hydrogen) atoms. The van der Waals surface area contributed by atoms with Gasteiger partial charge in [-0.3, -0.25) is 0 Å². The van der Waals surface area contributed by atoms with Gasteiger partial charge in [0.05, 0.1) is 13.2 Å². The maximum absolute atomic E-state index is 5.86. The Morgan fingerprint density at radius 1 is 1.17 bits per heavy atom. The lowest BCUT2D eigenvalue weighted by Gasteiger charge is -2.18. The van der Waals surface area contributed by atoms with E-state index in [1.165, 1.54) is 0 Å². The minimum Gasteiger partial charge on any atom is -0.493 e. The summed E-state index contributed by atoms with van der Waals surface area (Å²) in [6.45, 7) is 10.2. The van der Waals surface area contributed by atoms with Crippen LogP contribution in [-0.2, 0) is 6.54 Å². The highest BCUT2D eigenvalue weighted by Gasteiger charge is 2.11. The summed E-state index contributed by atoms with van der Waals surface area (Å²) in [5, 5.41) is 3.43. The van der Waals surface area contributed by atoms with Crippen molar-refractivity contribution in [3.63, 3.8) is 0 Å². The van der Waals surface area contributed by atoms with Crippen LogP contribution in [-0.4, -0.2) is 19.8 Å². The highest BCUT2D eigenvalue weighted by Crippen LogP contribution is 2.31. The lowest BCUT2D eigenvalue weighted by molar-refractivity contribution is 0.227. The number of nitrogens with one attached hydrogen (secondary N) is 1. The number of methoxy groups -OCH3 is 1. The average Bonchev–Trinajstić information content (AvgIpc) is 2.30. The van der Waals surface area contributed by atoms with Crippen molar-refractivity contribution >= 4 is 0 Å². The van der Waals surface area contributed by atoms with Gasteiger partial charge in [-0.05, 0) is 32.4 Å². The van der Waals surface area contributed by atoms with Crippen LogP contribution in [0.2, 0.25) is 0 Å². The molecule has 1 aromatic carbocycles. The van der Waals surface area contributed by atoms with Gasteiger partial charge in [0.2, 0.25) is 0 Å². The maximum atomic E-state index is 5.86. The molecule has 3 nitrogen and oxygen atoms in total. The van der Waals surface area contributed by atoms with E-state index in [4.69, 9.17) is 9.47 Å². The molecule has 1 rings (SSSR count). The molecule has 0 aliphatic rings. The van der Waals surface area contributed by atoms with Crippen LogP contribution in [0.1, 0.15) is 33.3 Å². The van der Waals surface area contributed by atoms with Crippen LogP contribution >= 0.6 is 0 Å². The minimum atomic E-state index is 0.144. The lowest BCUT2D eigenvalue weighted by Crippen LogP contribution is -2.20. The SMILES string of the molecule is COc1cccc(CNCC(C)C)c1OC(C)C. The average molecular weight is 251 g/mol. The summed E-state index contributed by atoms with van der Waals surface area (Å²) in [6, 6.07) is 6.01. The summed E-state index contributed by atoms with van der Waals surface area (Å²) >= 11 is 0. The Morgan fingerprint density at radius 2 is 1.89 bits per heavy atom. The summed E-state index contributed by atoms with van der Waals surface area (Å²) in [5.41, 5.74) is 1.14. The van der Waals surface area contributed by atoms with Gasteiger partial charge in [0, 0.05) is 12.1 Å². The Morgan fingerprint density at radius 3 is 2.44 bits per heavy atom. The Kier molecular flexibility index (Phi) is 5.99. The number of para-hydroxylation sites is 1. The predicted molar refractivity (Wildman–Crippen MR) is 75.3 cm³/mol. The molecule has 0 unspecified atom stereocenters. The van der Waals surface area contributed by atoms with E-state index in [1.54, 1.807) is 7.11 Å². The van der Waals surface area contributed by atoms with Gasteiger partial charge in [0.15, 0.2) is 11.5 Å². The fourth-order valence-corrected chi connectivity index (χ4v) is 1.73. The van der Waals surface area contributed by atoms with E-state index < -0.39 is 0 Å². The highest BCUT2D eigenvalue weighted by molar-refractivity contribution is 5.46. The van der Waals surface area contributed by atoms with Crippen LogP contribution in [0.15, 0.2) is 18.2 Å². The molecule has 0 aromatic heterocycles. The monoisotopic (exact) mass is 251 g/mol. The highest BCUT2D eigenvalue weighted by atomic mass is 16.5. The van der Waals surface area contributed by atoms with Crippen LogP contribution in [0.4, 0.5) is 0 Å². The third-order valence-corrected chi connectivity index (χ3v) is 2.50. The normalized spacial score (nSPS) is 11.1. The zero-order chi connectivity index (χ0) is 13.5. The van der Waals surface area contributed by atoms with E-state index in [1.807, 2.05) is 26.0 Å². The zero-order valence-corrected chi connectivity index (χ0v) is 12.1. The van der Waals surface area contributed by atoms with E-state index >= 15 is 0 Å². The van der Waals surface area contributed by atoms with E-state index in [9.17, 15) is 0 Å². The van der Waals surface area contributed by atoms with Crippen molar-refractivity contribution in [1.29, 1.82) is 0 Å². The first kappa shape index (κ1) is 14.8. The van der Waals surface area contributed by atoms with E-state index in [0.29, 0.717) is 5.92 Å². The van der Waals surface area contributed by atoms with Gasteiger partial charge < -0.3 is 14.8 Å². The summed E-state index contributed by atoms with van der Waals surface area (Å²) in [6.07, 6.45) is 0.144. The lowest BCUT2D eigenvalue weighted by atomic mass is 10.1. The zero-order valence-electron chi connectivity index (χ0n) is 12.1. The topological polar surface area (TPSA) is 30.5 Å². The maximum Gasteiger partial charge on any atom is 0.166 e. The van der Waals surface area contributed by atoms with Crippen molar-refractivity contribution in [3.05, 3.63) is 23.8 Å². The largest absolute Gasteiger partial charge is 0.493 e. The molecule has 0 bridgehead atoms. The minimum absolute atomic E-state index is 0.144. The van der Waals surface area contributed by atoms with Crippen molar-refractivity contribution in [3.8, 4) is 11.5 Å². The van der Waals surface area contributed by atoms with E-state index in [2.05, 4.69) is 25.2 Å². The quantitative estimate of drug-likeness (QED) is 0.807. The Labute approximate surface area is 110 Å². The van der Waals surface area contributed by atoms with Crippen molar-refractivity contribution in [2.24, 2.45) is 5.92 Å². The van der Waals surface area contributed by atoms with E-state index in [0.717, 1.165) is 30.2 Å². The van der Waals surface area contributed by atoms with Crippen LogP contribution < -0.4 is 14.8 Å². The van der Waals surface area contributed by atoms with Gasteiger partial charge in [-0.1, -0.05) is 26.0 Å². The van der Waals surface area contributed by atoms with E-state index in [-0.39, 0.29) is 6.10 Å². The molecule has 0 heterocycles. The van der Waals surface area contributed by atoms with Gasteiger partial charge in [-0.15, -0.1) is 0 Å². The van der Waals surface area contributed by atoms with Gasteiger partial charge >= 0.3 is 0 Å². The summed E-state index contributed by atoms with van der Waals surface area (Å²) in [4.78, 5) is 0. The molecule has 0 aliphatic heterocycles. The first-order chi connectivity index (χ1) is 8.54. The summed E-state index contributed by atoms with van der Waals surface area (Å²) in [5.74, 6) is 2.30. The summed E-state index contributed by atoms with van der Waals surface area (Å²) < 4.78 is 11.2. The molecule has 1 N–H and O–H groups in total. The second-order valence-corrected chi connectivity index (χ2v) is 5.14. The summed E-state index contributed by atoms with van der Waals surface area (Å²) in [7, 11) is 1.67. The molecule has 0 amide bonds. The van der Waals surface area contributed by atoms with Crippen LogP contribution in [0.3, 0.4) is 0 Å². The number of rotatable bonds is 7. The Hall–Kier alpha value is -1.22. The second kappa shape index (κ2) is 7.27. The number of ether oxygens (including phenoxy) is 2. The fraction of sp³-hybridized carbons (Fsp3) is 0.600. The molecule has 0 saturated heterocycles. The molecule has 0 saturated carbocycles. The molecule has 102 valence electrons. The fourth-order valence-electron chi connectivity index (χ4n) is 1.73. The molecular formula is C15H25NO2. The molecule has 3 heteroatoms. The molecule has 0 spiro atoms. The number of hydrogen-bond acceptors (Lipinski definition) is 3. The molecule has 1 aromatic rings. The molecule has 0 fully saturated rings. The third kappa shape index (κ3) is 4.57. The molecular weight excluding hydrogens is 226 g/mol. The van der Waals surface area contributed by atoms with Crippen molar-refractivity contribution in [2.75, 3.05) is 13.7 Å². The van der Waals surface area contributed by atoms with Gasteiger partial charge in [0.1, 0.15) is 0 Å². The smallest absolute Gasteiger partial charge is 0.166 e. The first-order valence-corrected chi connectivity index (χ1v) is 6.57. The first-order valence-electron chi connectivity index (χ1n) is 6.57. The van der Waals surface area contributed by atoms with Crippen molar-refractivity contribution in [1.82, 2.24) is 5.32 Å². The van der Waals surface area contributed by atoms with Crippen LogP contribution in [0.25, 0.3) is 0 Å². The number of hydrogen-bond donors (Lipinski definition) is 1. The predicted octanol–water partition coefficient (Wildman–Crippen LogP) is 3.23. The molecule has 0 radical (unpaired) electrons. The molecule has 0 aliphatic carbocycles. The van der Waals surface area contributed by atoms with Gasteiger partial charge in [-0.2, -0.15) is 0 Å². The Balaban J connectivity index is 2.81. The van der Waals surface area contributed by atoms with Gasteiger partial charge in [0.25, 0.3) is 0 Å². The third-order valence-electron chi connectivity index (χ3n) is 2.50.